The molecule has 1 aliphatic carbocycles. The fourth-order valence-electron chi connectivity index (χ4n) is 0.849. The van der Waals surface area contributed by atoms with Crippen LogP contribution in [0.4, 0.5) is 0 Å². The number of rotatable bonds is 0. The summed E-state index contributed by atoms with van der Waals surface area (Å²) in [5.74, 6) is 0. The minimum absolute atomic E-state index is 0.674. The molecule has 0 N–H and O–H groups in total. The van der Waals surface area contributed by atoms with Crippen LogP contribution in [0.3, 0.4) is 0 Å². The lowest BCUT2D eigenvalue weighted by Crippen LogP contribution is -1.98. The molecule has 13 heavy (non-hydrogen) atoms. The molecule has 0 fully saturated rings. The smallest absolute Gasteiger partial charge is 0.0957 e. The van der Waals surface area contributed by atoms with Gasteiger partial charge >= 0.3 is 0 Å². The third-order valence-corrected chi connectivity index (χ3v) is 1.68. The maximum absolute atomic E-state index is 8.23. The number of allylic oxidation sites excluding steroid dienone is 2. The molecule has 1 aromatic rings. The van der Waals surface area contributed by atoms with E-state index in [0.29, 0.717) is 11.1 Å². The minimum Gasteiger partial charge on any atom is -0.473 e. The highest BCUT2D eigenvalue weighted by atomic mass is 16.3. The van der Waals surface area contributed by atoms with Crippen LogP contribution in [0.5, 0.6) is 0 Å². The lowest BCUT2D eigenvalue weighted by Gasteiger charge is -2.09. The van der Waals surface area contributed by atoms with Crippen molar-refractivity contribution in [1.82, 2.24) is 0 Å². The highest BCUT2D eigenvalue weighted by molar-refractivity contribution is 5.43. The zero-order valence-corrected chi connectivity index (χ0v) is 7.03. The fourth-order valence-corrected chi connectivity index (χ4v) is 0.849. The van der Waals surface area contributed by atoms with Crippen molar-refractivity contribution >= 4 is 0 Å². The number of furan rings is 1. The van der Waals surface area contributed by atoms with E-state index in [-0.39, 0.29) is 0 Å². The zero-order valence-electron chi connectivity index (χ0n) is 7.03. The van der Waals surface area contributed by atoms with E-state index in [1.807, 2.05) is 24.3 Å². The van der Waals surface area contributed by atoms with E-state index in [2.05, 4.69) is 4.42 Å². The van der Waals surface area contributed by atoms with Crippen LogP contribution in [0.25, 0.3) is 0 Å². The maximum Gasteiger partial charge on any atom is 0.0957 e. The highest BCUT2D eigenvalue weighted by Gasteiger charge is 2.15. The summed E-state index contributed by atoms with van der Waals surface area (Å²) in [4.78, 5) is 0. The Balaban J connectivity index is 0.000000145. The van der Waals surface area contributed by atoms with Crippen molar-refractivity contribution < 1.29 is 4.42 Å². The van der Waals surface area contributed by atoms with Crippen molar-refractivity contribution in [2.75, 3.05) is 0 Å². The van der Waals surface area contributed by atoms with Gasteiger partial charge in [-0.15, -0.1) is 0 Å². The van der Waals surface area contributed by atoms with E-state index >= 15 is 0 Å². The Morgan fingerprint density at radius 2 is 1.46 bits per heavy atom. The second kappa shape index (κ2) is 4.79. The highest BCUT2D eigenvalue weighted by Crippen LogP contribution is 2.25. The molecular weight excluding hydrogens is 164 g/mol. The third-order valence-electron chi connectivity index (χ3n) is 1.68. The normalized spacial score (nSPS) is 13.1. The van der Waals surface area contributed by atoms with Gasteiger partial charge in [-0.05, 0) is 25.0 Å². The first-order valence-corrected chi connectivity index (χ1v) is 3.88. The van der Waals surface area contributed by atoms with Gasteiger partial charge in [0.05, 0.1) is 24.7 Å². The third kappa shape index (κ3) is 2.50. The van der Waals surface area contributed by atoms with E-state index in [4.69, 9.17) is 10.5 Å². The summed E-state index contributed by atoms with van der Waals surface area (Å²) in [5.41, 5.74) is 1.35. The van der Waals surface area contributed by atoms with Gasteiger partial charge in [0.25, 0.3) is 0 Å². The SMILES string of the molecule is N#CC1=C(C#N)CC1.c1ccoc1. The lowest BCUT2D eigenvalue weighted by atomic mass is 9.91. The predicted octanol–water partition coefficient (Wildman–Crippen LogP) is 2.40. The van der Waals surface area contributed by atoms with E-state index < -0.39 is 0 Å². The molecule has 3 nitrogen and oxygen atoms in total. The molecule has 0 spiro atoms. The van der Waals surface area contributed by atoms with E-state index in [1.54, 1.807) is 12.5 Å². The summed E-state index contributed by atoms with van der Waals surface area (Å²) in [7, 11) is 0. The molecule has 2 rings (SSSR count). The standard InChI is InChI=1S/C6H4N2.C4H4O/c7-3-5-1-2-6(5)4-8;1-2-4-5-3-1/h1-2H2;1-4H. The van der Waals surface area contributed by atoms with Gasteiger partial charge in [-0.3, -0.25) is 0 Å². The number of nitriles is 2. The number of hydrogen-bond donors (Lipinski definition) is 0. The van der Waals surface area contributed by atoms with Crippen molar-refractivity contribution in [2.45, 2.75) is 12.8 Å². The Hall–Kier alpha value is -2.00. The van der Waals surface area contributed by atoms with E-state index in [0.717, 1.165) is 12.8 Å². The summed E-state index contributed by atoms with van der Waals surface area (Å²) < 4.78 is 4.58. The van der Waals surface area contributed by atoms with Gasteiger partial charge in [-0.2, -0.15) is 10.5 Å². The molecule has 1 aromatic heterocycles. The van der Waals surface area contributed by atoms with Crippen LogP contribution < -0.4 is 0 Å². The monoisotopic (exact) mass is 172 g/mol. The molecule has 0 saturated heterocycles. The summed E-state index contributed by atoms with van der Waals surface area (Å²) >= 11 is 0. The zero-order chi connectivity index (χ0) is 9.52. The van der Waals surface area contributed by atoms with Crippen LogP contribution in [-0.4, -0.2) is 0 Å². The van der Waals surface area contributed by atoms with E-state index in [9.17, 15) is 0 Å². The average molecular weight is 172 g/mol. The molecular formula is C10H8N2O. The number of hydrogen-bond acceptors (Lipinski definition) is 3. The molecule has 0 radical (unpaired) electrons. The molecule has 1 heterocycles. The first kappa shape index (κ1) is 9.09. The second-order valence-corrected chi connectivity index (χ2v) is 2.47. The average Bonchev–Trinajstić information content (AvgIpc) is 2.60. The molecule has 0 amide bonds. The summed E-state index contributed by atoms with van der Waals surface area (Å²) in [6.45, 7) is 0. The first-order chi connectivity index (χ1) is 6.38. The maximum atomic E-state index is 8.23. The topological polar surface area (TPSA) is 60.7 Å². The molecule has 0 aliphatic heterocycles. The Bertz CT molecular complexity index is 321. The molecule has 0 aromatic carbocycles. The van der Waals surface area contributed by atoms with Gasteiger partial charge in [0.2, 0.25) is 0 Å². The van der Waals surface area contributed by atoms with Crippen LogP contribution in [0.2, 0.25) is 0 Å². The molecule has 0 saturated carbocycles. The summed E-state index contributed by atoms with van der Waals surface area (Å²) in [6.07, 6.45) is 4.86. The molecule has 1 aliphatic rings. The van der Waals surface area contributed by atoms with Crippen LogP contribution in [0.1, 0.15) is 12.8 Å². The van der Waals surface area contributed by atoms with Crippen LogP contribution in [-0.2, 0) is 0 Å². The Labute approximate surface area is 76.5 Å². The van der Waals surface area contributed by atoms with E-state index in [1.165, 1.54) is 0 Å². The van der Waals surface area contributed by atoms with Crippen molar-refractivity contribution in [1.29, 1.82) is 10.5 Å². The molecule has 3 heteroatoms. The second-order valence-electron chi connectivity index (χ2n) is 2.47. The number of nitrogens with zero attached hydrogens (tertiary/aromatic N) is 2. The minimum atomic E-state index is 0.674. The van der Waals surface area contributed by atoms with Gasteiger partial charge in [0.15, 0.2) is 0 Å². The van der Waals surface area contributed by atoms with Gasteiger partial charge in [-0.1, -0.05) is 0 Å². The summed E-state index contributed by atoms with van der Waals surface area (Å²) in [6, 6.07) is 7.59. The Morgan fingerprint density at radius 3 is 1.62 bits per heavy atom. The van der Waals surface area contributed by atoms with Crippen molar-refractivity contribution in [3.05, 3.63) is 35.8 Å². The van der Waals surface area contributed by atoms with Gasteiger partial charge in [0.1, 0.15) is 0 Å². The molecule has 64 valence electrons. The molecule has 0 unspecified atom stereocenters. The predicted molar refractivity (Wildman–Crippen MR) is 46.2 cm³/mol. The quantitative estimate of drug-likeness (QED) is 0.603. The van der Waals surface area contributed by atoms with Crippen molar-refractivity contribution in [3.63, 3.8) is 0 Å². The largest absolute Gasteiger partial charge is 0.473 e. The summed E-state index contributed by atoms with van der Waals surface area (Å²) in [5, 5.41) is 16.5. The molecule has 0 atom stereocenters. The van der Waals surface area contributed by atoms with Crippen LogP contribution in [0, 0.1) is 22.7 Å². The van der Waals surface area contributed by atoms with Crippen molar-refractivity contribution in [3.8, 4) is 12.1 Å². The first-order valence-electron chi connectivity index (χ1n) is 3.88. The van der Waals surface area contributed by atoms with Crippen LogP contribution in [0.15, 0.2) is 40.2 Å². The van der Waals surface area contributed by atoms with Gasteiger partial charge < -0.3 is 4.42 Å². The fraction of sp³-hybridized carbons (Fsp3) is 0.200. The van der Waals surface area contributed by atoms with Crippen molar-refractivity contribution in [2.24, 2.45) is 0 Å². The Kier molecular flexibility index (Phi) is 3.35. The van der Waals surface area contributed by atoms with Gasteiger partial charge in [0, 0.05) is 11.1 Å². The van der Waals surface area contributed by atoms with Gasteiger partial charge in [-0.25, -0.2) is 0 Å². The lowest BCUT2D eigenvalue weighted by molar-refractivity contribution is 0.567. The Morgan fingerprint density at radius 1 is 1.00 bits per heavy atom. The van der Waals surface area contributed by atoms with Crippen LogP contribution >= 0.6 is 0 Å². The molecule has 0 bridgehead atoms.